The van der Waals surface area contributed by atoms with E-state index in [0.717, 1.165) is 51.4 Å². The van der Waals surface area contributed by atoms with Crippen LogP contribution in [0.3, 0.4) is 0 Å². The summed E-state index contributed by atoms with van der Waals surface area (Å²) in [5.74, 6) is -1.61. The number of rotatable bonds is 16. The molecule has 7 nitrogen and oxygen atoms in total. The first-order valence-corrected chi connectivity index (χ1v) is 12.0. The first-order valence-electron chi connectivity index (χ1n) is 10.5. The summed E-state index contributed by atoms with van der Waals surface area (Å²) in [6.07, 6.45) is 6.74. The van der Waals surface area contributed by atoms with Crippen molar-refractivity contribution in [3.8, 4) is 0 Å². The van der Waals surface area contributed by atoms with Crippen molar-refractivity contribution in [3.63, 3.8) is 0 Å². The van der Waals surface area contributed by atoms with E-state index in [-0.39, 0.29) is 126 Å². The second-order valence-electron chi connectivity index (χ2n) is 7.35. The molecule has 3 atom stereocenters. The first-order chi connectivity index (χ1) is 13.2. The Morgan fingerprint density at radius 3 is 1.59 bits per heavy atom. The molecule has 0 spiro atoms. The van der Waals surface area contributed by atoms with E-state index in [1.54, 1.807) is 0 Å². The molecule has 0 rings (SSSR count). The maximum absolute atomic E-state index is 12.2. The summed E-state index contributed by atoms with van der Waals surface area (Å²) in [5, 5.41) is -1.95. The van der Waals surface area contributed by atoms with Crippen molar-refractivity contribution < 1.29 is 32.0 Å². The Bertz CT molecular complexity index is 568. The first kappa shape index (κ1) is 44.1. The molecule has 0 heterocycles. The number of halogens is 2. The molecule has 0 amide bonds. The molecule has 0 fully saturated rings. The van der Waals surface area contributed by atoms with Gasteiger partial charge in [-0.25, -0.2) is 0 Å². The quantitative estimate of drug-likeness (QED) is 0.109. The molecule has 0 aliphatic carbocycles. The van der Waals surface area contributed by atoms with Gasteiger partial charge in [0.2, 0.25) is 0 Å². The van der Waals surface area contributed by atoms with Gasteiger partial charge < -0.3 is 9.47 Å². The van der Waals surface area contributed by atoms with Crippen LogP contribution in [0, 0.1) is 11.8 Å². The number of esters is 2. The van der Waals surface area contributed by atoms with E-state index >= 15 is 0 Å². The molecule has 190 valence electrons. The summed E-state index contributed by atoms with van der Waals surface area (Å²) in [5.41, 5.74) is 0. The molecular weight excluding hydrogens is 780 g/mol. The van der Waals surface area contributed by atoms with E-state index in [1.807, 2.05) is 13.8 Å². The van der Waals surface area contributed by atoms with E-state index in [1.165, 1.54) is 0 Å². The summed E-state index contributed by atoms with van der Waals surface area (Å²) in [6, 6.07) is 0. The van der Waals surface area contributed by atoms with Crippen LogP contribution in [0.1, 0.15) is 85.5 Å². The zero-order valence-electron chi connectivity index (χ0n) is 19.3. The number of carbonyl (C=O) groups is 2. The van der Waals surface area contributed by atoms with Gasteiger partial charge in [-0.1, -0.05) is 66.2 Å². The predicted molar refractivity (Wildman–Crippen MR) is 155 cm³/mol. The average Bonchev–Trinajstić information content (AvgIpc) is 2.65. The van der Waals surface area contributed by atoms with Gasteiger partial charge in [0.05, 0.1) is 19.6 Å². The number of ether oxygens (including phenoxy) is 2. The van der Waals surface area contributed by atoms with Gasteiger partial charge in [0, 0.05) is 0 Å². The van der Waals surface area contributed by atoms with Crippen LogP contribution in [0.5, 0.6) is 0 Å². The molecule has 0 aliphatic rings. The molecule has 32 heavy (non-hydrogen) atoms. The van der Waals surface area contributed by atoms with Crippen LogP contribution in [-0.2, 0) is 29.2 Å². The van der Waals surface area contributed by atoms with Gasteiger partial charge in [-0.2, -0.15) is 8.42 Å². The van der Waals surface area contributed by atoms with Crippen molar-refractivity contribution in [2.45, 2.75) is 90.7 Å². The van der Waals surface area contributed by atoms with Crippen molar-refractivity contribution >= 4 is 123 Å². The normalized spacial score (nSPS) is 13.0. The Labute approximate surface area is 268 Å². The van der Waals surface area contributed by atoms with Crippen LogP contribution in [0.4, 0.5) is 0 Å². The van der Waals surface area contributed by atoms with E-state index < -0.39 is 33.7 Å². The molecule has 0 aliphatic heterocycles. The number of unbranched alkanes of at least 4 members (excludes halogenated alkanes) is 2. The Balaban J connectivity index is -0.000000607. The standard InChI is InChI=1S/C20H38O7S.2HI.Na.Sn.3H/c1-5-9-11-16(7-3)14-26-19(21)13-18(28(23,24)25)20(22)27-15-17(8-4)12-10-6-2;;;;;;;/h16-18H,5-15H2,1-4H3,(H,23,24,25);2*1H;;;;;. The summed E-state index contributed by atoms with van der Waals surface area (Å²) in [7, 11) is -4.76. The van der Waals surface area contributed by atoms with Gasteiger partial charge in [-0.15, -0.1) is 48.0 Å². The molecule has 0 saturated carbocycles. The Morgan fingerprint density at radius 1 is 0.844 bits per heavy atom. The summed E-state index contributed by atoms with van der Waals surface area (Å²) >= 11 is 0. The van der Waals surface area contributed by atoms with Crippen molar-refractivity contribution in [1.29, 1.82) is 0 Å². The summed E-state index contributed by atoms with van der Waals surface area (Å²) in [6.45, 7) is 8.35. The second-order valence-corrected chi connectivity index (χ2v) is 8.95. The van der Waals surface area contributed by atoms with Crippen LogP contribution < -0.4 is 0 Å². The number of hydrogen-bond acceptors (Lipinski definition) is 6. The zero-order valence-corrected chi connectivity index (χ0v) is 28.9. The van der Waals surface area contributed by atoms with Crippen LogP contribution in [0.2, 0.25) is 0 Å². The molecule has 2 radical (unpaired) electrons. The molecule has 0 saturated heterocycles. The van der Waals surface area contributed by atoms with Gasteiger partial charge in [0.15, 0.2) is 5.25 Å². The molecule has 1 N–H and O–H groups in total. The topological polar surface area (TPSA) is 107 Å². The average molecular weight is 823 g/mol. The summed E-state index contributed by atoms with van der Waals surface area (Å²) < 4.78 is 42.8. The molecule has 0 aromatic carbocycles. The van der Waals surface area contributed by atoms with Crippen LogP contribution in [0.25, 0.3) is 0 Å². The van der Waals surface area contributed by atoms with Crippen LogP contribution in [0.15, 0.2) is 0 Å². The Hall–Kier alpha value is 2.11. The molecule has 0 aromatic rings. The van der Waals surface area contributed by atoms with Crippen LogP contribution in [-0.4, -0.2) is 96.8 Å². The third kappa shape index (κ3) is 21.4. The minimum absolute atomic E-state index is 0. The third-order valence-electron chi connectivity index (χ3n) is 5.00. The monoisotopic (exact) mass is 824 g/mol. The molecule has 0 bridgehead atoms. The zero-order chi connectivity index (χ0) is 21.6. The number of hydrogen-bond donors (Lipinski definition) is 1. The molecule has 0 aromatic heterocycles. The van der Waals surface area contributed by atoms with Gasteiger partial charge in [0.1, 0.15) is 0 Å². The minimum atomic E-state index is -4.76. The van der Waals surface area contributed by atoms with Gasteiger partial charge >= 0.3 is 65.4 Å². The molecule has 12 heteroatoms. The van der Waals surface area contributed by atoms with E-state index in [2.05, 4.69) is 13.8 Å². The van der Waals surface area contributed by atoms with Gasteiger partial charge in [0.25, 0.3) is 10.1 Å². The van der Waals surface area contributed by atoms with Crippen molar-refractivity contribution in [1.82, 2.24) is 0 Å². The third-order valence-corrected chi connectivity index (χ3v) is 6.08. The Kier molecular flexibility index (Phi) is 36.1. The van der Waals surface area contributed by atoms with Crippen molar-refractivity contribution in [2.75, 3.05) is 13.2 Å². The molecule has 3 unspecified atom stereocenters. The predicted octanol–water partition coefficient (Wildman–Crippen LogP) is 3.82. The fourth-order valence-corrected chi connectivity index (χ4v) is 3.48. The van der Waals surface area contributed by atoms with Crippen molar-refractivity contribution in [3.05, 3.63) is 0 Å². The number of carbonyl (C=O) groups excluding carboxylic acids is 2. The van der Waals surface area contributed by atoms with E-state index in [4.69, 9.17) is 9.47 Å². The fourth-order valence-electron chi connectivity index (χ4n) is 2.82. The van der Waals surface area contributed by atoms with Gasteiger partial charge in [-0.05, 0) is 24.7 Å². The van der Waals surface area contributed by atoms with Gasteiger partial charge in [-0.3, -0.25) is 14.1 Å². The second kappa shape index (κ2) is 26.2. The fraction of sp³-hybridized carbons (Fsp3) is 0.900. The van der Waals surface area contributed by atoms with E-state index in [0.29, 0.717) is 0 Å². The summed E-state index contributed by atoms with van der Waals surface area (Å²) in [4.78, 5) is 24.2. The van der Waals surface area contributed by atoms with Crippen molar-refractivity contribution in [2.24, 2.45) is 11.8 Å². The van der Waals surface area contributed by atoms with E-state index in [9.17, 15) is 22.6 Å². The Morgan fingerprint density at radius 2 is 1.25 bits per heavy atom. The molecular formula is C20H43I2NaO7SSn. The van der Waals surface area contributed by atoms with Crippen LogP contribution >= 0.6 is 48.0 Å². The maximum atomic E-state index is 12.2. The SMILES string of the molecule is CCCCC(CC)COC(=O)CC(C(=O)OCC(CC)CCCC)S(=O)(=O)O.I.I.[NaH].[SnH2].